The second-order valence-corrected chi connectivity index (χ2v) is 5.79. The first-order chi connectivity index (χ1) is 10.3. The highest BCUT2D eigenvalue weighted by Gasteiger charge is 2.48. The topological polar surface area (TPSA) is 46.5 Å². The van der Waals surface area contributed by atoms with Crippen LogP contribution in [0, 0.1) is 5.92 Å². The predicted molar refractivity (Wildman–Crippen MR) is 80.8 cm³/mol. The number of esters is 1. The minimum absolute atomic E-state index is 0.0537. The average molecular weight is 314 g/mol. The standard InChI is InChI=1S/C17H24F2O3/c1-5-10-17(21,14(15(18)19)16(20)22-4)13-8-6-12(7-9-13)11(2)3/h6-9,11,14-15,21H,5,10H2,1-4H3. The van der Waals surface area contributed by atoms with E-state index in [2.05, 4.69) is 4.74 Å². The van der Waals surface area contributed by atoms with Crippen LogP contribution in [0.5, 0.6) is 0 Å². The van der Waals surface area contributed by atoms with Gasteiger partial charge >= 0.3 is 5.97 Å². The summed E-state index contributed by atoms with van der Waals surface area (Å²) in [4.78, 5) is 11.8. The molecule has 0 saturated heterocycles. The Hall–Kier alpha value is -1.49. The molecule has 0 amide bonds. The van der Waals surface area contributed by atoms with Crippen LogP contribution in [0.15, 0.2) is 24.3 Å². The number of ether oxygens (including phenoxy) is 1. The molecular weight excluding hydrogens is 290 g/mol. The molecule has 2 unspecified atom stereocenters. The van der Waals surface area contributed by atoms with Crippen molar-refractivity contribution in [3.8, 4) is 0 Å². The molecule has 124 valence electrons. The zero-order valence-corrected chi connectivity index (χ0v) is 13.5. The van der Waals surface area contributed by atoms with Gasteiger partial charge in [0.1, 0.15) is 5.60 Å². The maximum absolute atomic E-state index is 13.4. The third-order valence-electron chi connectivity index (χ3n) is 3.93. The Morgan fingerprint density at radius 3 is 2.18 bits per heavy atom. The van der Waals surface area contributed by atoms with Gasteiger partial charge in [-0.05, 0) is 23.5 Å². The van der Waals surface area contributed by atoms with E-state index in [-0.39, 0.29) is 6.42 Å². The largest absolute Gasteiger partial charge is 0.469 e. The fourth-order valence-electron chi connectivity index (χ4n) is 2.65. The van der Waals surface area contributed by atoms with Crippen molar-refractivity contribution in [2.24, 2.45) is 5.92 Å². The van der Waals surface area contributed by atoms with E-state index < -0.39 is 23.9 Å². The first-order valence-electron chi connectivity index (χ1n) is 7.46. The zero-order valence-electron chi connectivity index (χ0n) is 13.5. The predicted octanol–water partition coefficient (Wildman–Crippen LogP) is 3.85. The normalized spacial score (nSPS) is 15.7. The molecule has 1 aromatic carbocycles. The molecule has 0 saturated carbocycles. The summed E-state index contributed by atoms with van der Waals surface area (Å²) < 4.78 is 31.2. The van der Waals surface area contributed by atoms with Gasteiger partial charge in [0.25, 0.3) is 6.43 Å². The van der Waals surface area contributed by atoms with Crippen molar-refractivity contribution in [2.45, 2.75) is 51.6 Å². The quantitative estimate of drug-likeness (QED) is 0.778. The first kappa shape index (κ1) is 18.6. The van der Waals surface area contributed by atoms with E-state index in [9.17, 15) is 18.7 Å². The van der Waals surface area contributed by atoms with Gasteiger partial charge in [-0.3, -0.25) is 4.79 Å². The van der Waals surface area contributed by atoms with E-state index in [1.807, 2.05) is 13.8 Å². The molecule has 0 aromatic heterocycles. The highest BCUT2D eigenvalue weighted by molar-refractivity contribution is 5.74. The lowest BCUT2D eigenvalue weighted by Crippen LogP contribution is -2.44. The minimum Gasteiger partial charge on any atom is -0.469 e. The molecule has 1 rings (SSSR count). The molecule has 5 heteroatoms. The molecule has 2 atom stereocenters. The number of aliphatic hydroxyl groups is 1. The number of halogens is 2. The van der Waals surface area contributed by atoms with Gasteiger partial charge in [-0.2, -0.15) is 0 Å². The van der Waals surface area contributed by atoms with Crippen molar-refractivity contribution in [1.82, 2.24) is 0 Å². The zero-order chi connectivity index (χ0) is 16.9. The molecule has 0 aliphatic rings. The number of alkyl halides is 2. The van der Waals surface area contributed by atoms with Crippen LogP contribution in [0.25, 0.3) is 0 Å². The van der Waals surface area contributed by atoms with Crippen LogP contribution in [-0.2, 0) is 15.1 Å². The molecule has 0 heterocycles. The van der Waals surface area contributed by atoms with Gasteiger partial charge in [-0.1, -0.05) is 51.5 Å². The molecule has 1 N–H and O–H groups in total. The van der Waals surface area contributed by atoms with E-state index in [4.69, 9.17) is 0 Å². The van der Waals surface area contributed by atoms with E-state index in [1.165, 1.54) is 0 Å². The Bertz CT molecular complexity index is 485. The van der Waals surface area contributed by atoms with Crippen molar-refractivity contribution in [2.75, 3.05) is 7.11 Å². The third-order valence-corrected chi connectivity index (χ3v) is 3.93. The van der Waals surface area contributed by atoms with Crippen LogP contribution in [-0.4, -0.2) is 24.6 Å². The van der Waals surface area contributed by atoms with Gasteiger partial charge in [-0.25, -0.2) is 8.78 Å². The molecule has 0 bridgehead atoms. The highest BCUT2D eigenvalue weighted by Crippen LogP contribution is 2.39. The van der Waals surface area contributed by atoms with Crippen LogP contribution >= 0.6 is 0 Å². The van der Waals surface area contributed by atoms with Crippen LogP contribution < -0.4 is 0 Å². The summed E-state index contributed by atoms with van der Waals surface area (Å²) in [6.45, 7) is 5.81. The van der Waals surface area contributed by atoms with Crippen molar-refractivity contribution >= 4 is 5.97 Å². The lowest BCUT2D eigenvalue weighted by Gasteiger charge is -2.34. The second kappa shape index (κ2) is 7.68. The molecule has 0 aliphatic heterocycles. The molecule has 1 aromatic rings. The third kappa shape index (κ3) is 3.83. The number of carbonyl (C=O) groups excluding carboxylic acids is 1. The smallest absolute Gasteiger partial charge is 0.317 e. The summed E-state index contributed by atoms with van der Waals surface area (Å²) in [6.07, 6.45) is -2.49. The van der Waals surface area contributed by atoms with Gasteiger partial charge in [0.15, 0.2) is 5.92 Å². The second-order valence-electron chi connectivity index (χ2n) is 5.79. The number of carbonyl (C=O) groups is 1. The number of benzene rings is 1. The van der Waals surface area contributed by atoms with Gasteiger partial charge in [-0.15, -0.1) is 0 Å². The molecule has 0 aliphatic carbocycles. The summed E-state index contributed by atoms with van der Waals surface area (Å²) in [7, 11) is 1.05. The fraction of sp³-hybridized carbons (Fsp3) is 0.588. The van der Waals surface area contributed by atoms with E-state index in [0.29, 0.717) is 17.9 Å². The van der Waals surface area contributed by atoms with E-state index >= 15 is 0 Å². The van der Waals surface area contributed by atoms with Crippen molar-refractivity contribution in [1.29, 1.82) is 0 Å². The molecule has 0 radical (unpaired) electrons. The van der Waals surface area contributed by atoms with Gasteiger partial charge in [0.05, 0.1) is 7.11 Å². The summed E-state index contributed by atoms with van der Waals surface area (Å²) >= 11 is 0. The number of rotatable bonds is 7. The number of hydrogen-bond acceptors (Lipinski definition) is 3. The minimum atomic E-state index is -3.01. The molecule has 22 heavy (non-hydrogen) atoms. The van der Waals surface area contributed by atoms with Crippen LogP contribution in [0.2, 0.25) is 0 Å². The van der Waals surface area contributed by atoms with Gasteiger partial charge < -0.3 is 9.84 Å². The number of hydrogen-bond donors (Lipinski definition) is 1. The lowest BCUT2D eigenvalue weighted by atomic mass is 9.77. The summed E-state index contributed by atoms with van der Waals surface area (Å²) in [5, 5.41) is 10.9. The SMILES string of the molecule is CCCC(O)(c1ccc(C(C)C)cc1)C(C(=O)OC)C(F)F. The van der Waals surface area contributed by atoms with Gasteiger partial charge in [0.2, 0.25) is 0 Å². The molecule has 0 fully saturated rings. The number of methoxy groups -OCH3 is 1. The Labute approximate surface area is 130 Å². The average Bonchev–Trinajstić information content (AvgIpc) is 2.47. The van der Waals surface area contributed by atoms with Crippen LogP contribution in [0.4, 0.5) is 8.78 Å². The fourth-order valence-corrected chi connectivity index (χ4v) is 2.65. The Morgan fingerprint density at radius 1 is 1.27 bits per heavy atom. The Morgan fingerprint density at radius 2 is 1.82 bits per heavy atom. The maximum Gasteiger partial charge on any atom is 0.317 e. The monoisotopic (exact) mass is 314 g/mol. The van der Waals surface area contributed by atoms with Crippen molar-refractivity contribution in [3.63, 3.8) is 0 Å². The summed E-state index contributed by atoms with van der Waals surface area (Å²) in [6, 6.07) is 6.81. The first-order valence-corrected chi connectivity index (χ1v) is 7.46. The Balaban J connectivity index is 3.30. The Kier molecular flexibility index (Phi) is 6.48. The summed E-state index contributed by atoms with van der Waals surface area (Å²) in [5.41, 5.74) is -0.588. The molecule has 3 nitrogen and oxygen atoms in total. The lowest BCUT2D eigenvalue weighted by molar-refractivity contribution is -0.170. The maximum atomic E-state index is 13.4. The van der Waals surface area contributed by atoms with Crippen LogP contribution in [0.3, 0.4) is 0 Å². The highest BCUT2D eigenvalue weighted by atomic mass is 19.3. The van der Waals surface area contributed by atoms with Crippen LogP contribution in [0.1, 0.15) is 50.7 Å². The molecule has 0 spiro atoms. The summed E-state index contributed by atoms with van der Waals surface area (Å²) in [5.74, 6) is -2.71. The van der Waals surface area contributed by atoms with E-state index in [0.717, 1.165) is 12.7 Å². The molecular formula is C17H24F2O3. The van der Waals surface area contributed by atoms with E-state index in [1.54, 1.807) is 31.2 Å². The van der Waals surface area contributed by atoms with Gasteiger partial charge in [0, 0.05) is 0 Å². The van der Waals surface area contributed by atoms with Crippen molar-refractivity contribution in [3.05, 3.63) is 35.4 Å². The van der Waals surface area contributed by atoms with Crippen molar-refractivity contribution < 1.29 is 23.4 Å².